The first kappa shape index (κ1) is 26.1. The summed E-state index contributed by atoms with van der Waals surface area (Å²) in [6.45, 7) is 14.6. The summed E-state index contributed by atoms with van der Waals surface area (Å²) < 4.78 is 0. The Morgan fingerprint density at radius 1 is 0.800 bits per heavy atom. The molecule has 0 bridgehead atoms. The van der Waals surface area contributed by atoms with Crippen LogP contribution in [-0.2, 0) is 6.54 Å². The molecule has 30 heavy (non-hydrogen) atoms. The van der Waals surface area contributed by atoms with Crippen molar-refractivity contribution in [3.8, 4) is 0 Å². The van der Waals surface area contributed by atoms with E-state index in [9.17, 15) is 9.59 Å². The zero-order valence-corrected chi connectivity index (χ0v) is 20.0. The number of rotatable bonds is 9. The van der Waals surface area contributed by atoms with Crippen LogP contribution in [0.5, 0.6) is 0 Å². The molecule has 0 aliphatic carbocycles. The summed E-state index contributed by atoms with van der Waals surface area (Å²) in [5.74, 6) is 0.358. The summed E-state index contributed by atoms with van der Waals surface area (Å²) in [5.41, 5.74) is 1.95. The van der Waals surface area contributed by atoms with Gasteiger partial charge in [0.2, 0.25) is 0 Å². The molecular formula is C26H36ClNO2. The first-order valence-corrected chi connectivity index (χ1v) is 10.5. The van der Waals surface area contributed by atoms with Gasteiger partial charge >= 0.3 is 0 Å². The summed E-state index contributed by atoms with van der Waals surface area (Å²) in [5, 5.41) is 0. The highest BCUT2D eigenvalue weighted by Crippen LogP contribution is 2.27. The Hall–Kier alpha value is -1.97. The third-order valence-electron chi connectivity index (χ3n) is 5.45. The molecule has 2 aromatic carbocycles. The van der Waals surface area contributed by atoms with Crippen LogP contribution in [-0.4, -0.2) is 29.6 Å². The van der Waals surface area contributed by atoms with Crippen LogP contribution in [0.15, 0.2) is 54.6 Å². The minimum Gasteiger partial charge on any atom is -0.299 e. The van der Waals surface area contributed by atoms with E-state index < -0.39 is 5.41 Å². The number of nitrogens with zero attached hydrogens (tertiary/aromatic N) is 1. The van der Waals surface area contributed by atoms with Gasteiger partial charge in [-0.1, -0.05) is 96.1 Å². The van der Waals surface area contributed by atoms with Crippen molar-refractivity contribution in [2.24, 2.45) is 10.8 Å². The number of benzene rings is 2. The summed E-state index contributed by atoms with van der Waals surface area (Å²) >= 11 is 0. The second-order valence-corrected chi connectivity index (χ2v) is 9.47. The summed E-state index contributed by atoms with van der Waals surface area (Å²) in [4.78, 5) is 27.6. The predicted molar refractivity (Wildman–Crippen MR) is 128 cm³/mol. The molecule has 0 spiro atoms. The van der Waals surface area contributed by atoms with Gasteiger partial charge in [0.1, 0.15) is 0 Å². The van der Waals surface area contributed by atoms with Gasteiger partial charge in [-0.3, -0.25) is 14.5 Å². The van der Waals surface area contributed by atoms with E-state index >= 15 is 0 Å². The Kier molecular flexibility index (Phi) is 9.45. The monoisotopic (exact) mass is 429 g/mol. The molecule has 2 aromatic rings. The van der Waals surface area contributed by atoms with Crippen LogP contribution in [0.1, 0.15) is 74.2 Å². The largest absolute Gasteiger partial charge is 0.299 e. The van der Waals surface area contributed by atoms with Crippen molar-refractivity contribution in [3.63, 3.8) is 0 Å². The molecule has 0 amide bonds. The van der Waals surface area contributed by atoms with Gasteiger partial charge in [-0.25, -0.2) is 0 Å². The Morgan fingerprint density at radius 3 is 1.83 bits per heavy atom. The number of ketones is 2. The molecule has 0 saturated carbocycles. The van der Waals surface area contributed by atoms with Crippen molar-refractivity contribution in [1.82, 2.24) is 4.90 Å². The number of hydrogen-bond acceptors (Lipinski definition) is 3. The van der Waals surface area contributed by atoms with Crippen LogP contribution in [0.4, 0.5) is 0 Å². The number of carbonyl (C=O) groups excluding carboxylic acids is 2. The lowest BCUT2D eigenvalue weighted by molar-refractivity contribution is 0.0805. The minimum absolute atomic E-state index is 0. The summed E-state index contributed by atoms with van der Waals surface area (Å²) in [7, 11) is 0. The fraction of sp³-hybridized carbons (Fsp3) is 0.462. The molecule has 0 heterocycles. The van der Waals surface area contributed by atoms with Gasteiger partial charge in [-0.15, -0.1) is 12.4 Å². The maximum absolute atomic E-state index is 12.9. The van der Waals surface area contributed by atoms with E-state index in [4.69, 9.17) is 0 Å². The number of halogens is 1. The van der Waals surface area contributed by atoms with E-state index in [0.717, 1.165) is 37.2 Å². The zero-order chi connectivity index (χ0) is 21.7. The Labute approximate surface area is 188 Å². The molecule has 4 heteroatoms. The molecule has 0 saturated heterocycles. The van der Waals surface area contributed by atoms with Crippen molar-refractivity contribution in [1.29, 1.82) is 0 Å². The summed E-state index contributed by atoms with van der Waals surface area (Å²) in [6, 6.07) is 17.5. The van der Waals surface area contributed by atoms with Crippen molar-refractivity contribution >= 4 is 24.0 Å². The third kappa shape index (κ3) is 7.07. The smallest absolute Gasteiger partial charge is 0.168 e. The quantitative estimate of drug-likeness (QED) is 0.429. The lowest BCUT2D eigenvalue weighted by atomic mass is 9.81. The van der Waals surface area contributed by atoms with Crippen molar-refractivity contribution in [2.75, 3.05) is 13.1 Å². The number of hydrogen-bond donors (Lipinski definition) is 0. The lowest BCUT2D eigenvalue weighted by Crippen LogP contribution is -2.32. The molecule has 0 N–H and O–H groups in total. The SMILES string of the molecule is CCN(CCC(C)(C)C(=O)c1ccccc1)Cc1ccc(C(=O)C(C)(C)C)cc1.Cl. The fourth-order valence-electron chi connectivity index (χ4n) is 3.33. The van der Waals surface area contributed by atoms with Crippen LogP contribution in [0.3, 0.4) is 0 Å². The van der Waals surface area contributed by atoms with Crippen LogP contribution in [0.2, 0.25) is 0 Å². The van der Waals surface area contributed by atoms with E-state index in [-0.39, 0.29) is 29.4 Å². The van der Waals surface area contributed by atoms with Crippen LogP contribution in [0, 0.1) is 10.8 Å². The van der Waals surface area contributed by atoms with Crippen molar-refractivity contribution in [3.05, 3.63) is 71.3 Å². The van der Waals surface area contributed by atoms with Gasteiger partial charge < -0.3 is 0 Å². The highest BCUT2D eigenvalue weighted by Gasteiger charge is 2.29. The van der Waals surface area contributed by atoms with E-state index in [1.807, 2.05) is 89.2 Å². The molecule has 0 unspecified atom stereocenters. The van der Waals surface area contributed by atoms with Crippen LogP contribution < -0.4 is 0 Å². The van der Waals surface area contributed by atoms with Gasteiger partial charge in [-0.05, 0) is 25.1 Å². The van der Waals surface area contributed by atoms with E-state index in [0.29, 0.717) is 0 Å². The second-order valence-electron chi connectivity index (χ2n) is 9.47. The van der Waals surface area contributed by atoms with Gasteiger partial charge in [0.15, 0.2) is 11.6 Å². The molecule has 0 aromatic heterocycles. The zero-order valence-electron chi connectivity index (χ0n) is 19.2. The molecule has 0 atom stereocenters. The van der Waals surface area contributed by atoms with E-state index in [2.05, 4.69) is 11.8 Å². The predicted octanol–water partition coefficient (Wildman–Crippen LogP) is 6.46. The van der Waals surface area contributed by atoms with E-state index in [1.165, 1.54) is 5.56 Å². The highest BCUT2D eigenvalue weighted by atomic mass is 35.5. The summed E-state index contributed by atoms with van der Waals surface area (Å²) in [6.07, 6.45) is 0.801. The number of Topliss-reactive ketones (excluding diaryl/α,β-unsaturated/α-hetero) is 2. The molecule has 0 aliphatic heterocycles. The van der Waals surface area contributed by atoms with Crippen LogP contribution >= 0.6 is 12.4 Å². The number of carbonyl (C=O) groups is 2. The molecule has 0 aliphatic rings. The molecule has 0 fully saturated rings. The topological polar surface area (TPSA) is 37.4 Å². The van der Waals surface area contributed by atoms with Crippen LogP contribution in [0.25, 0.3) is 0 Å². The third-order valence-corrected chi connectivity index (χ3v) is 5.45. The van der Waals surface area contributed by atoms with Gasteiger partial charge in [0.25, 0.3) is 0 Å². The second kappa shape index (κ2) is 10.9. The molecule has 2 rings (SSSR count). The Morgan fingerprint density at radius 2 is 1.33 bits per heavy atom. The molecular weight excluding hydrogens is 394 g/mol. The van der Waals surface area contributed by atoms with E-state index in [1.54, 1.807) is 0 Å². The average molecular weight is 430 g/mol. The molecule has 3 nitrogen and oxygen atoms in total. The minimum atomic E-state index is -0.405. The maximum Gasteiger partial charge on any atom is 0.168 e. The van der Waals surface area contributed by atoms with Gasteiger partial charge in [0, 0.05) is 28.5 Å². The first-order valence-electron chi connectivity index (χ1n) is 10.5. The van der Waals surface area contributed by atoms with Crippen molar-refractivity contribution < 1.29 is 9.59 Å². The first-order chi connectivity index (χ1) is 13.5. The normalized spacial score (nSPS) is 11.8. The molecule has 0 radical (unpaired) electrons. The van der Waals surface area contributed by atoms with Gasteiger partial charge in [-0.2, -0.15) is 0 Å². The average Bonchev–Trinajstić information content (AvgIpc) is 2.70. The standard InChI is InChI=1S/C26H35NO2.ClH/c1-7-27(18-17-26(5,6)24(29)21-11-9-8-10-12-21)19-20-13-15-22(16-14-20)23(28)25(2,3)4;/h8-16H,7,17-19H2,1-6H3;1H. The lowest BCUT2D eigenvalue weighted by Gasteiger charge is -2.28. The molecule has 164 valence electrons. The Balaban J connectivity index is 0.00000450. The van der Waals surface area contributed by atoms with Crippen molar-refractivity contribution in [2.45, 2.75) is 54.5 Å². The van der Waals surface area contributed by atoms with Gasteiger partial charge in [0.05, 0.1) is 0 Å². The Bertz CT molecular complexity index is 820. The maximum atomic E-state index is 12.9. The highest BCUT2D eigenvalue weighted by molar-refractivity contribution is 6.00. The fourth-order valence-corrected chi connectivity index (χ4v) is 3.33.